The Balaban J connectivity index is 2.38. The minimum absolute atomic E-state index is 0.211. The fourth-order valence-electron chi connectivity index (χ4n) is 2.29. The van der Waals surface area contributed by atoms with Crippen LogP contribution < -0.4 is 5.32 Å². The van der Waals surface area contributed by atoms with Crippen molar-refractivity contribution >= 4 is 23.2 Å². The van der Waals surface area contributed by atoms with Crippen LogP contribution in [0.1, 0.15) is 18.1 Å². The highest BCUT2D eigenvalue weighted by atomic mass is 16.5. The number of aromatic amines is 1. The number of imidazole rings is 1. The number of aryl methyl sites for hydroxylation is 1. The van der Waals surface area contributed by atoms with Crippen molar-refractivity contribution < 1.29 is 19.1 Å². The van der Waals surface area contributed by atoms with Crippen LogP contribution in [0.3, 0.4) is 0 Å². The lowest BCUT2D eigenvalue weighted by atomic mass is 9.91. The Kier molecular flexibility index (Phi) is 4.30. The highest BCUT2D eigenvalue weighted by Gasteiger charge is 2.37. The number of ether oxygens (including phenoxy) is 2. The van der Waals surface area contributed by atoms with Crippen LogP contribution in [0.25, 0.3) is 11.2 Å². The number of alkyl carbamates (subject to hydrolysis) is 1. The van der Waals surface area contributed by atoms with Crippen molar-refractivity contribution in [2.45, 2.75) is 25.8 Å². The topological polar surface area (TPSA) is 106 Å². The van der Waals surface area contributed by atoms with Crippen LogP contribution in [-0.4, -0.2) is 46.8 Å². The molecule has 0 spiro atoms. The molecule has 8 nitrogen and oxygen atoms in total. The van der Waals surface area contributed by atoms with E-state index >= 15 is 0 Å². The second-order valence-electron chi connectivity index (χ2n) is 5.13. The molecular formula is C14H18N4O4. The number of hydrogen-bond donors (Lipinski definition) is 2. The minimum Gasteiger partial charge on any atom is -0.467 e. The molecule has 0 bridgehead atoms. The Morgan fingerprint density at radius 1 is 1.32 bits per heavy atom. The standard InChI is InChI=1S/C14H18N4O4/c1-8-9(6-15-11-10(8)16-7-17-11)5-14(2,12(19)21-3)18-13(20)22-4/h6-7H,5H2,1-4H3,(H,18,20)(H,15,16,17)/t14-/m0/s1. The monoisotopic (exact) mass is 306 g/mol. The van der Waals surface area contributed by atoms with E-state index < -0.39 is 17.6 Å². The Bertz CT molecular complexity index is 712. The summed E-state index contributed by atoms with van der Waals surface area (Å²) in [7, 11) is 2.50. The van der Waals surface area contributed by atoms with Crippen molar-refractivity contribution in [2.75, 3.05) is 14.2 Å². The Morgan fingerprint density at radius 2 is 2.05 bits per heavy atom. The highest BCUT2D eigenvalue weighted by Crippen LogP contribution is 2.22. The molecule has 0 aromatic carbocycles. The minimum atomic E-state index is -1.26. The summed E-state index contributed by atoms with van der Waals surface area (Å²) >= 11 is 0. The average molecular weight is 306 g/mol. The molecule has 1 amide bonds. The van der Waals surface area contributed by atoms with Gasteiger partial charge in [-0.1, -0.05) is 0 Å². The summed E-state index contributed by atoms with van der Waals surface area (Å²) in [6, 6.07) is 0. The maximum Gasteiger partial charge on any atom is 0.407 e. The quantitative estimate of drug-likeness (QED) is 0.819. The van der Waals surface area contributed by atoms with Crippen molar-refractivity contribution in [2.24, 2.45) is 0 Å². The predicted molar refractivity (Wildman–Crippen MR) is 78.3 cm³/mol. The normalized spacial score (nSPS) is 13.5. The molecule has 0 aliphatic carbocycles. The van der Waals surface area contributed by atoms with Crippen molar-refractivity contribution in [3.05, 3.63) is 23.7 Å². The summed E-state index contributed by atoms with van der Waals surface area (Å²) in [6.07, 6.45) is 2.70. The molecule has 0 fully saturated rings. The molecule has 2 aromatic rings. The fourth-order valence-corrected chi connectivity index (χ4v) is 2.29. The number of nitrogens with one attached hydrogen (secondary N) is 2. The molecular weight excluding hydrogens is 288 g/mol. The van der Waals surface area contributed by atoms with Gasteiger partial charge in [0, 0.05) is 12.6 Å². The molecule has 0 saturated heterocycles. The van der Waals surface area contributed by atoms with E-state index in [1.165, 1.54) is 14.2 Å². The Hall–Kier alpha value is -2.64. The van der Waals surface area contributed by atoms with E-state index in [-0.39, 0.29) is 6.42 Å². The summed E-state index contributed by atoms with van der Waals surface area (Å²) in [4.78, 5) is 34.9. The number of pyridine rings is 1. The van der Waals surface area contributed by atoms with Crippen LogP contribution in [0, 0.1) is 6.92 Å². The molecule has 118 valence electrons. The zero-order valence-electron chi connectivity index (χ0n) is 12.9. The van der Waals surface area contributed by atoms with E-state index in [4.69, 9.17) is 4.74 Å². The number of fused-ring (bicyclic) bond motifs is 1. The number of hydrogen-bond acceptors (Lipinski definition) is 6. The molecule has 0 aliphatic heterocycles. The number of H-pyrrole nitrogens is 1. The number of rotatable bonds is 4. The second-order valence-corrected chi connectivity index (χ2v) is 5.13. The first-order chi connectivity index (χ1) is 10.4. The molecule has 0 saturated carbocycles. The maximum absolute atomic E-state index is 12.1. The first-order valence-electron chi connectivity index (χ1n) is 6.63. The van der Waals surface area contributed by atoms with Gasteiger partial charge in [0.25, 0.3) is 0 Å². The van der Waals surface area contributed by atoms with Gasteiger partial charge in [-0.15, -0.1) is 0 Å². The van der Waals surface area contributed by atoms with E-state index in [2.05, 4.69) is 25.0 Å². The molecule has 1 atom stereocenters. The predicted octanol–water partition coefficient (Wildman–Crippen LogP) is 1.10. The summed E-state index contributed by atoms with van der Waals surface area (Å²) in [5.74, 6) is -0.568. The zero-order valence-corrected chi connectivity index (χ0v) is 12.9. The molecule has 8 heteroatoms. The number of nitrogens with zero attached hydrogens (tertiary/aromatic N) is 2. The smallest absolute Gasteiger partial charge is 0.407 e. The van der Waals surface area contributed by atoms with Gasteiger partial charge in [-0.3, -0.25) is 0 Å². The highest BCUT2D eigenvalue weighted by molar-refractivity contribution is 5.86. The lowest BCUT2D eigenvalue weighted by Crippen LogP contribution is -2.54. The number of carbonyl (C=O) groups is 2. The van der Waals surface area contributed by atoms with Gasteiger partial charge in [-0.25, -0.2) is 19.6 Å². The molecule has 0 radical (unpaired) electrons. The molecule has 2 rings (SSSR count). The van der Waals surface area contributed by atoms with Crippen molar-refractivity contribution in [3.8, 4) is 0 Å². The van der Waals surface area contributed by atoms with Gasteiger partial charge >= 0.3 is 12.1 Å². The number of amides is 1. The Morgan fingerprint density at radius 3 is 2.68 bits per heavy atom. The fraction of sp³-hybridized carbons (Fsp3) is 0.429. The van der Waals surface area contributed by atoms with Crippen LogP contribution >= 0.6 is 0 Å². The van der Waals surface area contributed by atoms with Gasteiger partial charge in [0.2, 0.25) is 0 Å². The first kappa shape index (κ1) is 15.7. The van der Waals surface area contributed by atoms with Crippen LogP contribution in [0.4, 0.5) is 4.79 Å². The molecule has 0 unspecified atom stereocenters. The third-order valence-electron chi connectivity index (χ3n) is 3.56. The third-order valence-corrected chi connectivity index (χ3v) is 3.56. The van der Waals surface area contributed by atoms with Gasteiger partial charge in [-0.2, -0.15) is 0 Å². The largest absolute Gasteiger partial charge is 0.467 e. The molecule has 22 heavy (non-hydrogen) atoms. The Labute approximate surface area is 127 Å². The molecule has 2 aromatic heterocycles. The van der Waals surface area contributed by atoms with Crippen molar-refractivity contribution in [1.29, 1.82) is 0 Å². The molecule has 2 N–H and O–H groups in total. The van der Waals surface area contributed by atoms with Crippen LogP contribution in [0.2, 0.25) is 0 Å². The number of esters is 1. The van der Waals surface area contributed by atoms with E-state index in [0.29, 0.717) is 5.65 Å². The number of methoxy groups -OCH3 is 2. The van der Waals surface area contributed by atoms with E-state index in [9.17, 15) is 9.59 Å². The lowest BCUT2D eigenvalue weighted by Gasteiger charge is -2.27. The third kappa shape index (κ3) is 2.85. The summed E-state index contributed by atoms with van der Waals surface area (Å²) in [5, 5.41) is 2.52. The van der Waals surface area contributed by atoms with Crippen LogP contribution in [0.15, 0.2) is 12.5 Å². The average Bonchev–Trinajstić information content (AvgIpc) is 2.98. The number of carbonyl (C=O) groups excluding carboxylic acids is 2. The van der Waals surface area contributed by atoms with Gasteiger partial charge < -0.3 is 19.8 Å². The lowest BCUT2D eigenvalue weighted by molar-refractivity contribution is -0.147. The number of aromatic nitrogens is 3. The second kappa shape index (κ2) is 6.00. The van der Waals surface area contributed by atoms with Gasteiger partial charge in [-0.05, 0) is 25.0 Å². The van der Waals surface area contributed by atoms with Gasteiger partial charge in [0.1, 0.15) is 5.54 Å². The summed E-state index contributed by atoms with van der Waals surface area (Å²) < 4.78 is 9.37. The van der Waals surface area contributed by atoms with Crippen molar-refractivity contribution in [3.63, 3.8) is 0 Å². The van der Waals surface area contributed by atoms with Crippen LogP contribution in [-0.2, 0) is 20.7 Å². The summed E-state index contributed by atoms with van der Waals surface area (Å²) in [6.45, 7) is 3.47. The van der Waals surface area contributed by atoms with Crippen LogP contribution in [0.5, 0.6) is 0 Å². The van der Waals surface area contributed by atoms with E-state index in [1.807, 2.05) is 6.92 Å². The van der Waals surface area contributed by atoms with E-state index in [1.54, 1.807) is 19.4 Å². The van der Waals surface area contributed by atoms with Gasteiger partial charge in [0.05, 0.1) is 26.1 Å². The van der Waals surface area contributed by atoms with E-state index in [0.717, 1.165) is 16.6 Å². The van der Waals surface area contributed by atoms with Gasteiger partial charge in [0.15, 0.2) is 5.65 Å². The summed E-state index contributed by atoms with van der Waals surface area (Å²) in [5.41, 5.74) is 1.83. The molecule has 2 heterocycles. The first-order valence-corrected chi connectivity index (χ1v) is 6.63. The SMILES string of the molecule is COC(=O)N[C@@](C)(Cc1cnc2nc[nH]c2c1C)C(=O)OC. The maximum atomic E-state index is 12.1. The van der Waals surface area contributed by atoms with Crippen molar-refractivity contribution in [1.82, 2.24) is 20.3 Å². The zero-order chi connectivity index (χ0) is 16.3. The molecule has 0 aliphatic rings.